The molecule has 0 saturated carbocycles. The SMILES string of the molecule is CCN(CC(C)(C)O)C(=O)NCC1CCCc2ccccc21. The number of hydrogen-bond donors (Lipinski definition) is 2. The molecule has 0 saturated heterocycles. The smallest absolute Gasteiger partial charge is 0.317 e. The first-order chi connectivity index (χ1) is 10.4. The molecule has 1 aromatic carbocycles. The van der Waals surface area contributed by atoms with Gasteiger partial charge in [0, 0.05) is 19.0 Å². The molecule has 4 heteroatoms. The first-order valence-electron chi connectivity index (χ1n) is 8.23. The monoisotopic (exact) mass is 304 g/mol. The molecule has 0 heterocycles. The Hall–Kier alpha value is -1.55. The van der Waals surface area contributed by atoms with Crippen LogP contribution < -0.4 is 5.32 Å². The van der Waals surface area contributed by atoms with Crippen LogP contribution in [0.4, 0.5) is 4.79 Å². The molecule has 0 radical (unpaired) electrons. The summed E-state index contributed by atoms with van der Waals surface area (Å²) in [7, 11) is 0. The average Bonchev–Trinajstić information content (AvgIpc) is 2.49. The van der Waals surface area contributed by atoms with Gasteiger partial charge < -0.3 is 15.3 Å². The number of amides is 2. The lowest BCUT2D eigenvalue weighted by Crippen LogP contribution is -2.47. The van der Waals surface area contributed by atoms with Crippen LogP contribution >= 0.6 is 0 Å². The summed E-state index contributed by atoms with van der Waals surface area (Å²) in [4.78, 5) is 14.0. The van der Waals surface area contributed by atoms with Crippen molar-refractivity contribution in [3.8, 4) is 0 Å². The lowest BCUT2D eigenvalue weighted by molar-refractivity contribution is 0.0480. The van der Waals surface area contributed by atoms with Gasteiger partial charge in [0.25, 0.3) is 0 Å². The summed E-state index contributed by atoms with van der Waals surface area (Å²) in [6.07, 6.45) is 3.44. The maximum atomic E-state index is 12.3. The minimum absolute atomic E-state index is 0.0901. The van der Waals surface area contributed by atoms with E-state index in [0.29, 0.717) is 25.6 Å². The summed E-state index contributed by atoms with van der Waals surface area (Å²) in [6, 6.07) is 8.44. The summed E-state index contributed by atoms with van der Waals surface area (Å²) < 4.78 is 0. The lowest BCUT2D eigenvalue weighted by Gasteiger charge is -2.30. The minimum Gasteiger partial charge on any atom is -0.389 e. The number of hydrogen-bond acceptors (Lipinski definition) is 2. The molecule has 2 amide bonds. The Morgan fingerprint density at radius 2 is 2.14 bits per heavy atom. The van der Waals surface area contributed by atoms with Crippen molar-refractivity contribution in [1.82, 2.24) is 10.2 Å². The van der Waals surface area contributed by atoms with Crippen LogP contribution in [0.5, 0.6) is 0 Å². The van der Waals surface area contributed by atoms with Crippen LogP contribution in [-0.2, 0) is 6.42 Å². The standard InChI is InChI=1S/C18H28N2O2/c1-4-20(13-18(2,3)22)17(21)19-12-15-10-7-9-14-8-5-6-11-16(14)15/h5-6,8,11,15,22H,4,7,9-10,12-13H2,1-3H3,(H,19,21). The van der Waals surface area contributed by atoms with Gasteiger partial charge in [0.05, 0.1) is 12.1 Å². The highest BCUT2D eigenvalue weighted by Gasteiger charge is 2.23. The average molecular weight is 304 g/mol. The molecule has 0 aliphatic heterocycles. The van der Waals surface area contributed by atoms with Gasteiger partial charge in [-0.2, -0.15) is 0 Å². The van der Waals surface area contributed by atoms with Crippen molar-refractivity contribution in [2.45, 2.75) is 51.6 Å². The van der Waals surface area contributed by atoms with Crippen LogP contribution in [0.2, 0.25) is 0 Å². The van der Waals surface area contributed by atoms with Crippen LogP contribution in [0.1, 0.15) is 50.7 Å². The van der Waals surface area contributed by atoms with Gasteiger partial charge in [-0.1, -0.05) is 24.3 Å². The van der Waals surface area contributed by atoms with Crippen LogP contribution in [0.25, 0.3) is 0 Å². The third kappa shape index (κ3) is 4.47. The molecule has 1 unspecified atom stereocenters. The van der Waals surface area contributed by atoms with Crippen molar-refractivity contribution in [2.24, 2.45) is 0 Å². The highest BCUT2D eigenvalue weighted by molar-refractivity contribution is 5.74. The topological polar surface area (TPSA) is 52.6 Å². The molecular weight excluding hydrogens is 276 g/mol. The number of rotatable bonds is 5. The number of aliphatic hydroxyl groups is 1. The van der Waals surface area contributed by atoms with E-state index in [1.54, 1.807) is 18.7 Å². The Bertz CT molecular complexity index is 508. The van der Waals surface area contributed by atoms with Gasteiger partial charge in [0.1, 0.15) is 0 Å². The Labute approximate surface area is 133 Å². The molecule has 2 N–H and O–H groups in total. The molecule has 1 aliphatic rings. The van der Waals surface area contributed by atoms with Crippen molar-refractivity contribution in [2.75, 3.05) is 19.6 Å². The van der Waals surface area contributed by atoms with Gasteiger partial charge in [0.2, 0.25) is 0 Å². The summed E-state index contributed by atoms with van der Waals surface area (Å²) in [5, 5.41) is 12.9. The first kappa shape index (κ1) is 16.8. The molecule has 0 bridgehead atoms. The van der Waals surface area contributed by atoms with Gasteiger partial charge in [-0.15, -0.1) is 0 Å². The van der Waals surface area contributed by atoms with Gasteiger partial charge in [0.15, 0.2) is 0 Å². The Balaban J connectivity index is 1.94. The largest absolute Gasteiger partial charge is 0.389 e. The van der Waals surface area contributed by atoms with Crippen molar-refractivity contribution >= 4 is 6.03 Å². The van der Waals surface area contributed by atoms with Gasteiger partial charge >= 0.3 is 6.03 Å². The summed E-state index contributed by atoms with van der Waals surface area (Å²) in [5.41, 5.74) is 1.92. The number of benzene rings is 1. The summed E-state index contributed by atoms with van der Waals surface area (Å²) in [5.74, 6) is 0.398. The van der Waals surface area contributed by atoms with Crippen LogP contribution in [0, 0.1) is 0 Å². The molecule has 4 nitrogen and oxygen atoms in total. The normalized spacial score (nSPS) is 17.7. The number of urea groups is 1. The first-order valence-corrected chi connectivity index (χ1v) is 8.23. The van der Waals surface area contributed by atoms with E-state index in [2.05, 4.69) is 29.6 Å². The van der Waals surface area contributed by atoms with Crippen molar-refractivity contribution in [3.63, 3.8) is 0 Å². The minimum atomic E-state index is -0.870. The fourth-order valence-corrected chi connectivity index (χ4v) is 3.18. The maximum Gasteiger partial charge on any atom is 0.317 e. The van der Waals surface area contributed by atoms with E-state index in [1.807, 2.05) is 6.92 Å². The number of carbonyl (C=O) groups excluding carboxylic acids is 1. The maximum absolute atomic E-state index is 12.3. The number of aryl methyl sites for hydroxylation is 1. The second-order valence-corrected chi connectivity index (χ2v) is 6.80. The molecule has 1 aromatic rings. The van der Waals surface area contributed by atoms with E-state index < -0.39 is 5.60 Å². The summed E-state index contributed by atoms with van der Waals surface area (Å²) in [6.45, 7) is 6.98. The fraction of sp³-hybridized carbons (Fsp3) is 0.611. The third-order valence-corrected chi connectivity index (χ3v) is 4.24. The molecule has 0 spiro atoms. The molecule has 2 rings (SSSR count). The molecule has 122 valence electrons. The quantitative estimate of drug-likeness (QED) is 0.879. The van der Waals surface area contributed by atoms with Gasteiger partial charge in [-0.25, -0.2) is 4.79 Å². The molecule has 22 heavy (non-hydrogen) atoms. The van der Waals surface area contributed by atoms with E-state index in [4.69, 9.17) is 0 Å². The van der Waals surface area contributed by atoms with Crippen LogP contribution in [-0.4, -0.2) is 41.3 Å². The van der Waals surface area contributed by atoms with Crippen molar-refractivity contribution < 1.29 is 9.90 Å². The second-order valence-electron chi connectivity index (χ2n) is 6.80. The number of nitrogens with one attached hydrogen (secondary N) is 1. The van der Waals surface area contributed by atoms with Crippen molar-refractivity contribution in [3.05, 3.63) is 35.4 Å². The van der Waals surface area contributed by atoms with E-state index in [9.17, 15) is 9.90 Å². The zero-order valence-electron chi connectivity index (χ0n) is 13.9. The van der Waals surface area contributed by atoms with Crippen molar-refractivity contribution in [1.29, 1.82) is 0 Å². The number of carbonyl (C=O) groups is 1. The Morgan fingerprint density at radius 1 is 1.41 bits per heavy atom. The summed E-state index contributed by atoms with van der Waals surface area (Å²) >= 11 is 0. The highest BCUT2D eigenvalue weighted by atomic mass is 16.3. The van der Waals surface area contributed by atoms with E-state index in [-0.39, 0.29) is 6.03 Å². The molecule has 0 fully saturated rings. The molecule has 1 aliphatic carbocycles. The highest BCUT2D eigenvalue weighted by Crippen LogP contribution is 2.30. The Morgan fingerprint density at radius 3 is 2.82 bits per heavy atom. The number of likely N-dealkylation sites (N-methyl/N-ethyl adjacent to an activating group) is 1. The van der Waals surface area contributed by atoms with E-state index in [0.717, 1.165) is 12.8 Å². The van der Waals surface area contributed by atoms with Gasteiger partial charge in [-0.3, -0.25) is 0 Å². The number of fused-ring (bicyclic) bond motifs is 1. The van der Waals surface area contributed by atoms with Crippen LogP contribution in [0.3, 0.4) is 0 Å². The number of nitrogens with zero attached hydrogens (tertiary/aromatic N) is 1. The zero-order valence-corrected chi connectivity index (χ0v) is 13.9. The molecular formula is C18H28N2O2. The lowest BCUT2D eigenvalue weighted by atomic mass is 9.83. The Kier molecular flexibility index (Phi) is 5.46. The molecule has 0 aromatic heterocycles. The second kappa shape index (κ2) is 7.14. The van der Waals surface area contributed by atoms with E-state index >= 15 is 0 Å². The van der Waals surface area contributed by atoms with Crippen LogP contribution in [0.15, 0.2) is 24.3 Å². The van der Waals surface area contributed by atoms with Gasteiger partial charge in [-0.05, 0) is 51.2 Å². The molecule has 1 atom stereocenters. The third-order valence-electron chi connectivity index (χ3n) is 4.24. The zero-order chi connectivity index (χ0) is 16.2. The van der Waals surface area contributed by atoms with E-state index in [1.165, 1.54) is 17.5 Å². The predicted octanol–water partition coefficient (Wildman–Crippen LogP) is 2.91. The fourth-order valence-electron chi connectivity index (χ4n) is 3.18. The predicted molar refractivity (Wildman–Crippen MR) is 89.1 cm³/mol.